The molecule has 0 unspecified atom stereocenters. The molecule has 6 aliphatic rings. The topological polar surface area (TPSA) is 240 Å². The maximum atomic E-state index is 10.9. The monoisotopic (exact) mass is 1490 g/mol. The smallest absolute Gasteiger partial charge is 0.219 e. The van der Waals surface area contributed by atoms with Crippen LogP contribution in [0.3, 0.4) is 0 Å². The standard InChI is InChI=1S/C15H23N3O.C11H22N2O.C11H16N2O.C10H20N2O.C9H19N3O.C9H18N2O.C8H18N2O.C7H14N2O/c1-13(19)16-11-14-3-5-15(6-4-14)12-18-9-7-17(2)8-10-18;1-9(14)12-8-10-4-6-11(7-5-10)13(2)3;1-10(14)13(2)9-3-4-11-5-7-12-8-6-11;1-10(13)11-6-5-9-12-7-3-2-4-8-12;1-9(13)10-3-4-12-7-5-11(2)6-8-12;1-8(12)11(3)7-9-5-4-6-10(9)2;1-8(11)10(4)7-5-6-9(2)3;1-7(10)9-5-3-8(2)4-6-9/h3-6H,7-12H2,1-2H3,(H,16,19);10-11H,4-8H2,1-3H3,(H,12,14);5-8H,3-4,9H2,1-2H3;2-9H2,1H3,(H,11,13);3-8H2,1-2H3,(H,10,13);9H,4-7H2,1-3H3;5-7H2,1-4H3;3-6H2,1-2H3/t;;;;;9-;;/m.....0../s1. The fraction of sp³-hybridized carbons (Fsp3) is 0.762. The van der Waals surface area contributed by atoms with E-state index in [1.165, 1.54) is 88.5 Å². The highest BCUT2D eigenvalue weighted by Crippen LogP contribution is 2.26. The van der Waals surface area contributed by atoms with E-state index in [0.717, 1.165) is 181 Å². The summed E-state index contributed by atoms with van der Waals surface area (Å²) < 4.78 is 0. The number of pyridine rings is 1. The van der Waals surface area contributed by atoms with Crippen LogP contribution in [0.2, 0.25) is 0 Å². The van der Waals surface area contributed by atoms with Crippen molar-refractivity contribution < 1.29 is 38.4 Å². The molecule has 1 saturated carbocycles. The van der Waals surface area contributed by atoms with Crippen molar-refractivity contribution in [2.75, 3.05) is 235 Å². The third-order valence-corrected chi connectivity index (χ3v) is 20.1. The van der Waals surface area contributed by atoms with Gasteiger partial charge in [-0.1, -0.05) is 30.7 Å². The van der Waals surface area contributed by atoms with Gasteiger partial charge in [0.05, 0.1) is 0 Å². The van der Waals surface area contributed by atoms with Gasteiger partial charge in [-0.3, -0.25) is 53.1 Å². The molecule has 0 spiro atoms. The van der Waals surface area contributed by atoms with E-state index in [2.05, 4.69) is 137 Å². The largest absolute Gasteiger partial charge is 0.356 e. The molecule has 1 atom stereocenters. The molecule has 5 aliphatic heterocycles. The van der Waals surface area contributed by atoms with Crippen LogP contribution in [-0.2, 0) is 57.9 Å². The fourth-order valence-electron chi connectivity index (χ4n) is 12.4. The molecular formula is C80H150N18O8. The predicted molar refractivity (Wildman–Crippen MR) is 432 cm³/mol. The van der Waals surface area contributed by atoms with Crippen molar-refractivity contribution in [3.63, 3.8) is 0 Å². The number of aryl methyl sites for hydroxylation is 1. The summed E-state index contributed by atoms with van der Waals surface area (Å²) >= 11 is 0. The van der Waals surface area contributed by atoms with Crippen molar-refractivity contribution in [2.45, 2.75) is 164 Å². The Morgan fingerprint density at radius 2 is 0.906 bits per heavy atom. The zero-order chi connectivity index (χ0) is 79.4. The number of carbonyl (C=O) groups excluding carboxylic acids is 8. The lowest BCUT2D eigenvalue weighted by molar-refractivity contribution is -0.130. The minimum absolute atomic E-state index is 0.0153. The number of benzene rings is 1. The molecule has 4 N–H and O–H groups in total. The number of hydrogen-bond donors (Lipinski definition) is 4. The van der Waals surface area contributed by atoms with Gasteiger partial charge in [0.15, 0.2) is 0 Å². The highest BCUT2D eigenvalue weighted by atomic mass is 16.2. The van der Waals surface area contributed by atoms with E-state index in [0.29, 0.717) is 18.5 Å². The van der Waals surface area contributed by atoms with Crippen molar-refractivity contribution in [1.82, 2.24) is 89.9 Å². The lowest BCUT2D eigenvalue weighted by Crippen LogP contribution is -2.46. The molecule has 6 heterocycles. The highest BCUT2D eigenvalue weighted by molar-refractivity contribution is 5.75. The van der Waals surface area contributed by atoms with Crippen LogP contribution in [-0.4, -0.2) is 363 Å². The summed E-state index contributed by atoms with van der Waals surface area (Å²) in [5, 5.41) is 11.3. The van der Waals surface area contributed by atoms with Gasteiger partial charge in [0, 0.05) is 238 Å². The first-order valence-electron chi connectivity index (χ1n) is 39.3. The Morgan fingerprint density at radius 1 is 0.434 bits per heavy atom. The quantitative estimate of drug-likeness (QED) is 0.102. The van der Waals surface area contributed by atoms with E-state index < -0.39 is 0 Å². The van der Waals surface area contributed by atoms with Gasteiger partial charge >= 0.3 is 0 Å². The minimum Gasteiger partial charge on any atom is -0.356 e. The molecule has 0 bridgehead atoms. The third kappa shape index (κ3) is 51.9. The maximum Gasteiger partial charge on any atom is 0.219 e. The van der Waals surface area contributed by atoms with Gasteiger partial charge in [0.2, 0.25) is 47.3 Å². The summed E-state index contributed by atoms with van der Waals surface area (Å²) in [6, 6.07) is 13.9. The van der Waals surface area contributed by atoms with Gasteiger partial charge in [-0.25, -0.2) is 0 Å². The Balaban J connectivity index is 0.000000610. The number of rotatable bonds is 24. The van der Waals surface area contributed by atoms with Crippen LogP contribution in [0.1, 0.15) is 149 Å². The van der Waals surface area contributed by atoms with Crippen molar-refractivity contribution >= 4 is 47.3 Å². The lowest BCUT2D eigenvalue weighted by atomic mass is 9.85. The Labute approximate surface area is 642 Å². The van der Waals surface area contributed by atoms with Crippen LogP contribution in [0.5, 0.6) is 0 Å². The number of nitrogens with one attached hydrogen (secondary N) is 4. The highest BCUT2D eigenvalue weighted by Gasteiger charge is 2.24. The number of carbonyl (C=O) groups is 8. The molecule has 8 rings (SSSR count). The normalized spacial score (nSPS) is 18.7. The Morgan fingerprint density at radius 3 is 1.37 bits per heavy atom. The summed E-state index contributed by atoms with van der Waals surface area (Å²) in [7, 11) is 22.4. The molecule has 8 amide bonds. The first-order valence-corrected chi connectivity index (χ1v) is 39.3. The number of likely N-dealkylation sites (tertiary alicyclic amines) is 2. The number of hydrogen-bond acceptors (Lipinski definition) is 18. The van der Waals surface area contributed by atoms with Crippen LogP contribution >= 0.6 is 0 Å². The molecule has 1 aromatic heterocycles. The van der Waals surface area contributed by atoms with Crippen LogP contribution in [0.15, 0.2) is 48.8 Å². The van der Waals surface area contributed by atoms with E-state index >= 15 is 0 Å². The summed E-state index contributed by atoms with van der Waals surface area (Å²) in [6.07, 6.45) is 19.4. The zero-order valence-corrected chi connectivity index (χ0v) is 70.0. The number of piperidine rings is 1. The lowest BCUT2D eigenvalue weighted by Gasteiger charge is -2.32. The molecule has 1 aliphatic carbocycles. The third-order valence-electron chi connectivity index (χ3n) is 20.1. The summed E-state index contributed by atoms with van der Waals surface area (Å²) in [5.41, 5.74) is 3.77. The SMILES string of the molecule is CC(=O)N(C)CCCN(C)C.CC(=O)N(C)CCCc1ccncc1.CC(=O)N(C)C[C@@H]1CCCN1C.CC(=O)N1CCN(C)CC1.CC(=O)NCC1CCC(N(C)C)CC1.CC(=O)NCCCN1CCCCC1.CC(=O)NCCN1CCN(C)CC1.CC(=O)NCc1ccc(CN2CCN(C)CC2)cc1. The van der Waals surface area contributed by atoms with E-state index in [9.17, 15) is 38.4 Å². The molecule has 608 valence electrons. The number of piperazine rings is 3. The second-order valence-corrected chi connectivity index (χ2v) is 30.2. The molecular weight excluding hydrogens is 1340 g/mol. The second kappa shape index (κ2) is 58.7. The zero-order valence-electron chi connectivity index (χ0n) is 70.0. The maximum absolute atomic E-state index is 10.9. The molecule has 0 radical (unpaired) electrons. The van der Waals surface area contributed by atoms with E-state index in [-0.39, 0.29) is 47.3 Å². The number of nitrogens with zero attached hydrogens (tertiary/aromatic N) is 14. The van der Waals surface area contributed by atoms with Gasteiger partial charge in [0.25, 0.3) is 0 Å². The van der Waals surface area contributed by atoms with Gasteiger partial charge < -0.3 is 75.2 Å². The fourth-order valence-corrected chi connectivity index (χ4v) is 12.4. The van der Waals surface area contributed by atoms with Gasteiger partial charge in [0.1, 0.15) is 0 Å². The number of amides is 8. The average Bonchev–Trinajstić information content (AvgIpc) is 1.17. The molecule has 1 aromatic carbocycles. The van der Waals surface area contributed by atoms with Crippen LogP contribution in [0.4, 0.5) is 0 Å². The van der Waals surface area contributed by atoms with Crippen molar-refractivity contribution in [3.05, 3.63) is 65.5 Å². The van der Waals surface area contributed by atoms with Crippen LogP contribution in [0.25, 0.3) is 0 Å². The molecule has 5 saturated heterocycles. The predicted octanol–water partition coefficient (Wildman–Crippen LogP) is 4.93. The summed E-state index contributed by atoms with van der Waals surface area (Å²) in [6.45, 7) is 39.1. The molecule has 106 heavy (non-hydrogen) atoms. The minimum atomic E-state index is 0.0153. The Kier molecular flexibility index (Phi) is 54.2. The van der Waals surface area contributed by atoms with Crippen LogP contribution in [0, 0.1) is 5.92 Å². The molecule has 26 nitrogen and oxygen atoms in total. The summed E-state index contributed by atoms with van der Waals surface area (Å²) in [4.78, 5) is 118. The average molecular weight is 1490 g/mol. The van der Waals surface area contributed by atoms with Gasteiger partial charge in [-0.15, -0.1) is 0 Å². The molecule has 26 heteroatoms. The second-order valence-electron chi connectivity index (χ2n) is 30.2. The number of likely N-dealkylation sites (N-methyl/N-ethyl adjacent to an activating group) is 5. The first kappa shape index (κ1) is 97.8. The van der Waals surface area contributed by atoms with E-state index in [1.54, 1.807) is 82.5 Å². The van der Waals surface area contributed by atoms with Gasteiger partial charge in [-0.2, -0.15) is 0 Å². The van der Waals surface area contributed by atoms with Crippen molar-refractivity contribution in [1.29, 1.82) is 0 Å². The van der Waals surface area contributed by atoms with Crippen molar-refractivity contribution in [2.24, 2.45) is 5.92 Å². The summed E-state index contributed by atoms with van der Waals surface area (Å²) in [5.74, 6) is 1.59. The van der Waals surface area contributed by atoms with Crippen LogP contribution < -0.4 is 21.3 Å². The van der Waals surface area contributed by atoms with Crippen molar-refractivity contribution in [3.8, 4) is 0 Å². The molecule has 6 fully saturated rings. The Hall–Kier alpha value is -6.23. The van der Waals surface area contributed by atoms with E-state index in [1.807, 2.05) is 52.3 Å². The van der Waals surface area contributed by atoms with Gasteiger partial charge in [-0.05, 0) is 201 Å². The Bertz CT molecular complexity index is 2660. The first-order chi connectivity index (χ1) is 50.2. The number of aromatic nitrogens is 1. The van der Waals surface area contributed by atoms with E-state index in [4.69, 9.17) is 0 Å². The molecule has 2 aromatic rings.